The van der Waals surface area contributed by atoms with E-state index in [4.69, 9.17) is 14.5 Å². The molecule has 7 heteroatoms. The van der Waals surface area contributed by atoms with Gasteiger partial charge in [-0.2, -0.15) is 4.89 Å². The van der Waals surface area contributed by atoms with E-state index in [-0.39, 0.29) is 5.57 Å². The van der Waals surface area contributed by atoms with Crippen molar-refractivity contribution in [2.75, 3.05) is 7.11 Å². The molecule has 2 rings (SSSR count). The van der Waals surface area contributed by atoms with Crippen LogP contribution in [0.25, 0.3) is 0 Å². The quantitative estimate of drug-likeness (QED) is 0.578. The van der Waals surface area contributed by atoms with Crippen LogP contribution in [0.1, 0.15) is 34.6 Å². The lowest BCUT2D eigenvalue weighted by Crippen LogP contribution is -2.67. The van der Waals surface area contributed by atoms with Crippen molar-refractivity contribution in [3.05, 3.63) is 11.6 Å². The highest BCUT2D eigenvalue weighted by atomic mass is 19.3. The monoisotopic (exact) mass is 318 g/mol. The van der Waals surface area contributed by atoms with E-state index in [1.807, 2.05) is 0 Å². The third-order valence-corrected chi connectivity index (χ3v) is 4.62. The Labute approximate surface area is 127 Å². The zero-order valence-corrected chi connectivity index (χ0v) is 13.5. The predicted octanol–water partition coefficient (Wildman–Crippen LogP) is 2.45. The number of fused-ring (bicyclic) bond motifs is 1. The Bertz CT molecular complexity index is 566. The highest BCUT2D eigenvalue weighted by Gasteiger charge is 2.69. The maximum Gasteiger partial charge on any atom is 0.273 e. The van der Waals surface area contributed by atoms with Crippen LogP contribution in [-0.2, 0) is 24.1 Å². The van der Waals surface area contributed by atoms with Gasteiger partial charge in [-0.15, -0.1) is 0 Å². The SMILES string of the molecule is CO[C@@]12OO[C@](C)(C(F)F)C=C1C(=O)C(C)(C)C(=O)C2(C)C. The van der Waals surface area contributed by atoms with Crippen molar-refractivity contribution in [2.45, 2.75) is 52.4 Å². The number of hydrogen-bond donors (Lipinski definition) is 0. The number of ketones is 2. The number of carbonyl (C=O) groups excluding carboxylic acids is 2. The molecule has 0 unspecified atom stereocenters. The first-order chi connectivity index (χ1) is 9.87. The van der Waals surface area contributed by atoms with Gasteiger partial charge in [0.2, 0.25) is 5.79 Å². The van der Waals surface area contributed by atoms with E-state index in [1.165, 1.54) is 34.8 Å². The Kier molecular flexibility index (Phi) is 3.64. The zero-order chi connectivity index (χ0) is 17.1. The van der Waals surface area contributed by atoms with Gasteiger partial charge in [-0.05, 0) is 40.7 Å². The molecule has 22 heavy (non-hydrogen) atoms. The molecule has 124 valence electrons. The molecule has 1 fully saturated rings. The summed E-state index contributed by atoms with van der Waals surface area (Å²) in [6.45, 7) is 7.11. The standard InChI is InChI=1S/C15H20F2O5/c1-12(2)9(18)8-7-14(5,11(16)17)21-22-15(8,20-6)13(3,4)10(12)19/h7,11H,1-6H3/t14-,15+/m0/s1. The molecule has 2 atom stereocenters. The second-order valence-electron chi connectivity index (χ2n) is 6.94. The number of methoxy groups -OCH3 is 1. The number of rotatable bonds is 2. The van der Waals surface area contributed by atoms with E-state index >= 15 is 0 Å². The van der Waals surface area contributed by atoms with Crippen molar-refractivity contribution >= 4 is 11.6 Å². The summed E-state index contributed by atoms with van der Waals surface area (Å²) >= 11 is 0. The van der Waals surface area contributed by atoms with E-state index in [9.17, 15) is 18.4 Å². The zero-order valence-electron chi connectivity index (χ0n) is 13.5. The van der Waals surface area contributed by atoms with Gasteiger partial charge in [0, 0.05) is 7.11 Å². The summed E-state index contributed by atoms with van der Waals surface area (Å²) in [5, 5.41) is 0. The molecule has 2 aliphatic rings. The molecule has 5 nitrogen and oxygen atoms in total. The van der Waals surface area contributed by atoms with E-state index < -0.39 is 40.2 Å². The lowest BCUT2D eigenvalue weighted by Gasteiger charge is -2.53. The fraction of sp³-hybridized carbons (Fsp3) is 0.733. The Morgan fingerprint density at radius 2 is 1.64 bits per heavy atom. The van der Waals surface area contributed by atoms with Crippen LogP contribution in [-0.4, -0.2) is 36.5 Å². The van der Waals surface area contributed by atoms with Gasteiger partial charge in [-0.1, -0.05) is 0 Å². The molecule has 0 radical (unpaired) electrons. The van der Waals surface area contributed by atoms with Crippen LogP contribution in [0.2, 0.25) is 0 Å². The summed E-state index contributed by atoms with van der Waals surface area (Å²) in [6, 6.07) is 0. The average Bonchev–Trinajstić information content (AvgIpc) is 2.44. The molecule has 0 spiro atoms. The topological polar surface area (TPSA) is 61.8 Å². The Balaban J connectivity index is 2.74. The predicted molar refractivity (Wildman–Crippen MR) is 72.0 cm³/mol. The molecule has 1 aliphatic carbocycles. The number of carbonyl (C=O) groups is 2. The van der Waals surface area contributed by atoms with Gasteiger partial charge in [-0.25, -0.2) is 13.7 Å². The van der Waals surface area contributed by atoms with Gasteiger partial charge in [0.1, 0.15) is 0 Å². The number of Topliss-reactive ketones (excluding diaryl/α,β-unsaturated/α-hetero) is 2. The summed E-state index contributed by atoms with van der Waals surface area (Å²) in [5.74, 6) is -2.85. The van der Waals surface area contributed by atoms with E-state index in [1.54, 1.807) is 0 Å². The highest BCUT2D eigenvalue weighted by molar-refractivity contribution is 6.19. The Hall–Kier alpha value is -1.18. The molecule has 0 aromatic rings. The van der Waals surface area contributed by atoms with Crippen LogP contribution in [0.4, 0.5) is 8.78 Å². The highest BCUT2D eigenvalue weighted by Crippen LogP contribution is 2.55. The minimum atomic E-state index is -2.91. The molecular formula is C15H20F2O5. The maximum absolute atomic E-state index is 13.2. The molecule has 0 amide bonds. The molecule has 1 aliphatic heterocycles. The van der Waals surface area contributed by atoms with Crippen LogP contribution in [0.15, 0.2) is 11.6 Å². The summed E-state index contributed by atoms with van der Waals surface area (Å²) in [4.78, 5) is 35.4. The van der Waals surface area contributed by atoms with Gasteiger partial charge >= 0.3 is 0 Å². The molecule has 0 aromatic heterocycles. The summed E-state index contributed by atoms with van der Waals surface area (Å²) < 4.78 is 31.7. The van der Waals surface area contributed by atoms with Crippen molar-refractivity contribution in [2.24, 2.45) is 10.8 Å². The number of ether oxygens (including phenoxy) is 1. The van der Waals surface area contributed by atoms with Crippen molar-refractivity contribution in [3.63, 3.8) is 0 Å². The lowest BCUT2D eigenvalue weighted by atomic mass is 9.57. The second-order valence-corrected chi connectivity index (χ2v) is 6.94. The molecule has 0 N–H and O–H groups in total. The first kappa shape index (κ1) is 17.2. The van der Waals surface area contributed by atoms with E-state index in [0.29, 0.717) is 0 Å². The average molecular weight is 318 g/mol. The molecule has 0 aromatic carbocycles. The molecule has 0 bridgehead atoms. The minimum Gasteiger partial charge on any atom is -0.346 e. The number of hydrogen-bond acceptors (Lipinski definition) is 5. The fourth-order valence-corrected chi connectivity index (χ4v) is 3.12. The normalized spacial score (nSPS) is 37.0. The first-order valence-electron chi connectivity index (χ1n) is 6.90. The second kappa shape index (κ2) is 4.66. The van der Waals surface area contributed by atoms with Crippen LogP contribution < -0.4 is 0 Å². The van der Waals surface area contributed by atoms with Crippen LogP contribution >= 0.6 is 0 Å². The summed E-state index contributed by atoms with van der Waals surface area (Å²) in [7, 11) is 1.24. The maximum atomic E-state index is 13.2. The van der Waals surface area contributed by atoms with Crippen molar-refractivity contribution in [3.8, 4) is 0 Å². The minimum absolute atomic E-state index is 0.112. The summed E-state index contributed by atoms with van der Waals surface area (Å²) in [5.41, 5.74) is -4.85. The van der Waals surface area contributed by atoms with E-state index in [0.717, 1.165) is 13.0 Å². The molecule has 0 saturated heterocycles. The Morgan fingerprint density at radius 1 is 1.09 bits per heavy atom. The first-order valence-corrected chi connectivity index (χ1v) is 6.90. The smallest absolute Gasteiger partial charge is 0.273 e. The van der Waals surface area contributed by atoms with Crippen molar-refractivity contribution < 1.29 is 32.9 Å². The largest absolute Gasteiger partial charge is 0.346 e. The van der Waals surface area contributed by atoms with Gasteiger partial charge in [-0.3, -0.25) is 9.59 Å². The third kappa shape index (κ3) is 1.85. The van der Waals surface area contributed by atoms with Gasteiger partial charge in [0.15, 0.2) is 17.2 Å². The molecular weight excluding hydrogens is 298 g/mol. The van der Waals surface area contributed by atoms with Gasteiger partial charge in [0.05, 0.1) is 16.4 Å². The number of halogens is 2. The fourth-order valence-electron chi connectivity index (χ4n) is 3.12. The molecule has 1 saturated carbocycles. The van der Waals surface area contributed by atoms with Crippen LogP contribution in [0.3, 0.4) is 0 Å². The lowest BCUT2D eigenvalue weighted by molar-refractivity contribution is -0.477. The van der Waals surface area contributed by atoms with Crippen molar-refractivity contribution in [1.82, 2.24) is 0 Å². The van der Waals surface area contributed by atoms with Crippen LogP contribution in [0.5, 0.6) is 0 Å². The van der Waals surface area contributed by atoms with Crippen molar-refractivity contribution in [1.29, 1.82) is 0 Å². The van der Waals surface area contributed by atoms with Gasteiger partial charge < -0.3 is 4.74 Å². The summed E-state index contributed by atoms with van der Waals surface area (Å²) in [6.07, 6.45) is -1.89. The molecule has 1 heterocycles. The Morgan fingerprint density at radius 3 is 2.09 bits per heavy atom. The number of alkyl halides is 2. The van der Waals surface area contributed by atoms with Crippen LogP contribution in [0, 0.1) is 10.8 Å². The van der Waals surface area contributed by atoms with E-state index in [2.05, 4.69) is 0 Å². The third-order valence-electron chi connectivity index (χ3n) is 4.62. The van der Waals surface area contributed by atoms with Gasteiger partial charge in [0.25, 0.3) is 6.43 Å².